The van der Waals surface area contributed by atoms with Crippen LogP contribution in [0.3, 0.4) is 0 Å². The summed E-state index contributed by atoms with van der Waals surface area (Å²) in [5, 5.41) is 7.10. The fraction of sp³-hybridized carbons (Fsp3) is 0.500. The lowest BCUT2D eigenvalue weighted by atomic mass is 9.73. The lowest BCUT2D eigenvalue weighted by Gasteiger charge is -2.36. The second-order valence-corrected chi connectivity index (χ2v) is 6.64. The lowest BCUT2D eigenvalue weighted by molar-refractivity contribution is -0.130. The number of ether oxygens (including phenoxy) is 1. The molecule has 1 fully saturated rings. The van der Waals surface area contributed by atoms with Gasteiger partial charge in [0.05, 0.1) is 5.41 Å². The minimum Gasteiger partial charge on any atom is -0.381 e. The van der Waals surface area contributed by atoms with E-state index < -0.39 is 5.41 Å². The van der Waals surface area contributed by atoms with Crippen molar-refractivity contribution >= 4 is 17.5 Å². The van der Waals surface area contributed by atoms with Gasteiger partial charge in [-0.25, -0.2) is 0 Å². The Morgan fingerprint density at radius 2 is 2.17 bits per heavy atom. The van der Waals surface area contributed by atoms with E-state index in [1.807, 2.05) is 24.3 Å². The SMILES string of the molecule is O=C(NCC1=CCNCC1)C1(c2cccc(Cl)c2)CCOCC1. The van der Waals surface area contributed by atoms with E-state index in [9.17, 15) is 4.79 Å². The van der Waals surface area contributed by atoms with Gasteiger partial charge in [-0.15, -0.1) is 0 Å². The lowest BCUT2D eigenvalue weighted by Crippen LogP contribution is -2.48. The van der Waals surface area contributed by atoms with Crippen LogP contribution < -0.4 is 10.6 Å². The summed E-state index contributed by atoms with van der Waals surface area (Å²) in [6, 6.07) is 7.67. The molecule has 1 aromatic carbocycles. The van der Waals surface area contributed by atoms with Gasteiger partial charge in [0.15, 0.2) is 0 Å². The van der Waals surface area contributed by atoms with E-state index in [1.165, 1.54) is 5.57 Å². The maximum absolute atomic E-state index is 13.0. The largest absolute Gasteiger partial charge is 0.381 e. The fourth-order valence-corrected chi connectivity index (χ4v) is 3.54. The summed E-state index contributed by atoms with van der Waals surface area (Å²) < 4.78 is 5.49. The highest BCUT2D eigenvalue weighted by Crippen LogP contribution is 2.36. The van der Waals surface area contributed by atoms with Gasteiger partial charge in [-0.05, 0) is 43.5 Å². The molecular formula is C18H23ClN2O2. The molecule has 5 heteroatoms. The number of halogens is 1. The quantitative estimate of drug-likeness (QED) is 0.831. The Hall–Kier alpha value is -1.36. The van der Waals surface area contributed by atoms with Crippen LogP contribution in [0.25, 0.3) is 0 Å². The third-order valence-corrected chi connectivity index (χ3v) is 5.03. The molecule has 2 aliphatic heterocycles. The second kappa shape index (κ2) is 7.47. The van der Waals surface area contributed by atoms with E-state index in [2.05, 4.69) is 16.7 Å². The zero-order chi connectivity index (χ0) is 16.1. The van der Waals surface area contributed by atoms with E-state index in [0.717, 1.165) is 25.1 Å². The van der Waals surface area contributed by atoms with Gasteiger partial charge in [0.1, 0.15) is 0 Å². The number of nitrogens with one attached hydrogen (secondary N) is 2. The van der Waals surface area contributed by atoms with Crippen molar-refractivity contribution in [2.75, 3.05) is 32.8 Å². The summed E-state index contributed by atoms with van der Waals surface area (Å²) in [5.41, 5.74) is 1.76. The topological polar surface area (TPSA) is 50.4 Å². The van der Waals surface area contributed by atoms with E-state index in [-0.39, 0.29) is 5.91 Å². The van der Waals surface area contributed by atoms with E-state index >= 15 is 0 Å². The Labute approximate surface area is 142 Å². The zero-order valence-electron chi connectivity index (χ0n) is 13.2. The molecule has 23 heavy (non-hydrogen) atoms. The Morgan fingerprint density at radius 3 is 2.87 bits per heavy atom. The van der Waals surface area contributed by atoms with Crippen LogP contribution in [0.15, 0.2) is 35.9 Å². The van der Waals surface area contributed by atoms with Gasteiger partial charge in [-0.1, -0.05) is 35.4 Å². The van der Waals surface area contributed by atoms with Crippen molar-refractivity contribution in [3.8, 4) is 0 Å². The van der Waals surface area contributed by atoms with Crippen molar-refractivity contribution in [1.29, 1.82) is 0 Å². The van der Waals surface area contributed by atoms with Crippen molar-refractivity contribution in [3.05, 3.63) is 46.5 Å². The smallest absolute Gasteiger partial charge is 0.231 e. The molecule has 2 aliphatic rings. The molecule has 2 N–H and O–H groups in total. The predicted molar refractivity (Wildman–Crippen MR) is 91.8 cm³/mol. The average Bonchev–Trinajstić information content (AvgIpc) is 2.61. The summed E-state index contributed by atoms with van der Waals surface area (Å²) in [6.07, 6.45) is 4.55. The van der Waals surface area contributed by atoms with Crippen LogP contribution in [0.5, 0.6) is 0 Å². The molecule has 2 heterocycles. The van der Waals surface area contributed by atoms with Crippen molar-refractivity contribution in [2.24, 2.45) is 0 Å². The second-order valence-electron chi connectivity index (χ2n) is 6.20. The molecule has 0 atom stereocenters. The fourth-order valence-electron chi connectivity index (χ4n) is 3.35. The molecule has 0 aromatic heterocycles. The van der Waals surface area contributed by atoms with Crippen LogP contribution in [0.1, 0.15) is 24.8 Å². The number of rotatable bonds is 4. The predicted octanol–water partition coefficient (Wildman–Crippen LogP) is 2.42. The number of carbonyl (C=O) groups is 1. The first-order valence-electron chi connectivity index (χ1n) is 8.21. The molecule has 0 spiro atoms. The molecule has 124 valence electrons. The highest BCUT2D eigenvalue weighted by atomic mass is 35.5. The van der Waals surface area contributed by atoms with Gasteiger partial charge in [0, 0.05) is 31.3 Å². The van der Waals surface area contributed by atoms with E-state index in [0.29, 0.717) is 37.6 Å². The van der Waals surface area contributed by atoms with Crippen LogP contribution in [0.4, 0.5) is 0 Å². The molecule has 0 saturated carbocycles. The van der Waals surface area contributed by atoms with Gasteiger partial charge in [-0.3, -0.25) is 4.79 Å². The van der Waals surface area contributed by atoms with E-state index in [1.54, 1.807) is 0 Å². The first-order valence-corrected chi connectivity index (χ1v) is 8.59. The van der Waals surface area contributed by atoms with Crippen LogP contribution in [0.2, 0.25) is 5.02 Å². The summed E-state index contributed by atoms with van der Waals surface area (Å²) >= 11 is 6.15. The molecule has 0 aliphatic carbocycles. The third kappa shape index (κ3) is 3.77. The van der Waals surface area contributed by atoms with Gasteiger partial charge < -0.3 is 15.4 Å². The summed E-state index contributed by atoms with van der Waals surface area (Å²) in [5.74, 6) is 0.0856. The number of benzene rings is 1. The van der Waals surface area contributed by atoms with E-state index in [4.69, 9.17) is 16.3 Å². The number of amides is 1. The molecular weight excluding hydrogens is 312 g/mol. The minimum absolute atomic E-state index is 0.0856. The van der Waals surface area contributed by atoms with Gasteiger partial charge >= 0.3 is 0 Å². The van der Waals surface area contributed by atoms with Crippen molar-refractivity contribution in [2.45, 2.75) is 24.7 Å². The first-order chi connectivity index (χ1) is 11.2. The van der Waals surface area contributed by atoms with Gasteiger partial charge in [0.2, 0.25) is 5.91 Å². The maximum Gasteiger partial charge on any atom is 0.231 e. The van der Waals surface area contributed by atoms with Gasteiger partial charge in [-0.2, -0.15) is 0 Å². The monoisotopic (exact) mass is 334 g/mol. The van der Waals surface area contributed by atoms with Crippen LogP contribution in [0, 0.1) is 0 Å². The Kier molecular flexibility index (Phi) is 5.36. The van der Waals surface area contributed by atoms with Crippen molar-refractivity contribution in [1.82, 2.24) is 10.6 Å². The molecule has 1 saturated heterocycles. The van der Waals surface area contributed by atoms with Crippen molar-refractivity contribution in [3.63, 3.8) is 0 Å². The standard InChI is InChI=1S/C18H23ClN2O2/c19-16-3-1-2-15(12-16)18(6-10-23-11-7-18)17(22)21-13-14-4-8-20-9-5-14/h1-4,12,20H,5-11,13H2,(H,21,22). The summed E-state index contributed by atoms with van der Waals surface area (Å²) in [6.45, 7) is 3.70. The summed E-state index contributed by atoms with van der Waals surface area (Å²) in [7, 11) is 0. The molecule has 1 aromatic rings. The molecule has 1 amide bonds. The van der Waals surface area contributed by atoms with Crippen molar-refractivity contribution < 1.29 is 9.53 Å². The normalized spacial score (nSPS) is 20.7. The molecule has 0 bridgehead atoms. The Morgan fingerprint density at radius 1 is 1.35 bits per heavy atom. The van der Waals surface area contributed by atoms with Crippen LogP contribution >= 0.6 is 11.6 Å². The number of hydrogen-bond donors (Lipinski definition) is 2. The number of hydrogen-bond acceptors (Lipinski definition) is 3. The van der Waals surface area contributed by atoms with Crippen LogP contribution in [-0.2, 0) is 14.9 Å². The molecule has 0 radical (unpaired) electrons. The first kappa shape index (κ1) is 16.5. The zero-order valence-corrected chi connectivity index (χ0v) is 14.0. The molecule has 3 rings (SSSR count). The van der Waals surface area contributed by atoms with Crippen LogP contribution in [-0.4, -0.2) is 38.8 Å². The molecule has 0 unspecified atom stereocenters. The Bertz CT molecular complexity index is 594. The third-order valence-electron chi connectivity index (χ3n) is 4.79. The Balaban J connectivity index is 1.78. The van der Waals surface area contributed by atoms with Gasteiger partial charge in [0.25, 0.3) is 0 Å². The number of carbonyl (C=O) groups excluding carboxylic acids is 1. The maximum atomic E-state index is 13.0. The minimum atomic E-state index is -0.531. The highest BCUT2D eigenvalue weighted by molar-refractivity contribution is 6.30. The average molecular weight is 335 g/mol. The summed E-state index contributed by atoms with van der Waals surface area (Å²) in [4.78, 5) is 13.0. The highest BCUT2D eigenvalue weighted by Gasteiger charge is 2.41. The molecule has 4 nitrogen and oxygen atoms in total.